The first kappa shape index (κ1) is 29.6. The number of hydrogen-bond acceptors (Lipinski definition) is 6. The van der Waals surface area contributed by atoms with Crippen LogP contribution in [0.4, 0.5) is 0 Å². The van der Waals surface area contributed by atoms with E-state index in [0.717, 1.165) is 40.7 Å². The van der Waals surface area contributed by atoms with E-state index in [1.807, 2.05) is 50.6 Å². The van der Waals surface area contributed by atoms with Gasteiger partial charge in [0.1, 0.15) is 5.75 Å². The molecule has 0 bridgehead atoms. The lowest BCUT2D eigenvalue weighted by atomic mass is 10.1. The van der Waals surface area contributed by atoms with Gasteiger partial charge in [0.15, 0.2) is 0 Å². The van der Waals surface area contributed by atoms with Gasteiger partial charge >= 0.3 is 11.9 Å². The van der Waals surface area contributed by atoms with Crippen LogP contribution in [0.2, 0.25) is 0 Å². The zero-order chi connectivity index (χ0) is 25.3. The van der Waals surface area contributed by atoms with Crippen LogP contribution >= 0.6 is 0 Å². The van der Waals surface area contributed by atoms with E-state index in [4.69, 9.17) is 24.5 Å². The van der Waals surface area contributed by atoms with Crippen LogP contribution in [0.5, 0.6) is 5.75 Å². The van der Waals surface area contributed by atoms with Crippen molar-refractivity contribution in [2.45, 2.75) is 17.7 Å². The fraction of sp³-hybridized carbons (Fsp3) is 0.304. The number of carbonyl (C=O) groups is 2. The molecule has 1 aromatic heterocycles. The Balaban J connectivity index is 0.000000780. The predicted molar refractivity (Wildman–Crippen MR) is 131 cm³/mol. The summed E-state index contributed by atoms with van der Waals surface area (Å²) in [6.07, 6.45) is 3.44. The van der Waals surface area contributed by atoms with Crippen LogP contribution in [-0.4, -0.2) is 80.2 Å². The summed E-state index contributed by atoms with van der Waals surface area (Å²) in [5.41, 5.74) is 3.13. The minimum Gasteiger partial charge on any atom is -0.497 e. The number of hydrogen-bond donors (Lipinski definition) is 4. The maximum absolute atomic E-state index is 12.7. The number of carboxylic acid groups (broad SMARTS) is 2. The maximum Gasteiger partial charge on any atom is 0.414 e. The monoisotopic (exact) mass is 509 g/mol. The van der Waals surface area contributed by atoms with Crippen molar-refractivity contribution in [2.24, 2.45) is 0 Å². The molecule has 0 atom stereocenters. The van der Waals surface area contributed by atoms with Crippen LogP contribution < -0.4 is 9.46 Å². The summed E-state index contributed by atoms with van der Waals surface area (Å²) < 4.78 is 33.3. The first-order valence-corrected chi connectivity index (χ1v) is 11.9. The summed E-state index contributed by atoms with van der Waals surface area (Å²) in [5, 5.41) is 15.7. The number of rotatable bonds is 9. The molecule has 0 spiro atoms. The molecule has 3 rings (SSSR count). The van der Waals surface area contributed by atoms with Crippen molar-refractivity contribution in [3.8, 4) is 5.75 Å². The van der Waals surface area contributed by atoms with Crippen LogP contribution in [0, 0.1) is 0 Å². The molecule has 0 radical (unpaired) electrons. The van der Waals surface area contributed by atoms with Crippen LogP contribution in [0.25, 0.3) is 10.9 Å². The quantitative estimate of drug-likeness (QED) is 0.310. The van der Waals surface area contributed by atoms with Crippen molar-refractivity contribution in [3.63, 3.8) is 0 Å². The predicted octanol–water partition coefficient (Wildman–Crippen LogP) is 1.13. The molecule has 11 nitrogen and oxygen atoms in total. The van der Waals surface area contributed by atoms with Crippen molar-refractivity contribution in [1.82, 2.24) is 14.6 Å². The van der Waals surface area contributed by atoms with E-state index in [1.54, 1.807) is 19.2 Å². The van der Waals surface area contributed by atoms with Gasteiger partial charge < -0.3 is 30.3 Å². The zero-order valence-corrected chi connectivity index (χ0v) is 20.6. The van der Waals surface area contributed by atoms with Gasteiger partial charge in [-0.05, 0) is 68.4 Å². The SMILES string of the molecule is COc1ccc(CCNS(=O)(=O)c2ccc3[nH]cc(CCN(C)C)c3c2)cc1.O.O=C(O)C(=O)O. The van der Waals surface area contributed by atoms with Gasteiger partial charge in [-0.15, -0.1) is 0 Å². The number of nitrogens with one attached hydrogen (secondary N) is 2. The molecule has 0 unspecified atom stereocenters. The van der Waals surface area contributed by atoms with Gasteiger partial charge in [0.25, 0.3) is 0 Å². The second-order valence-corrected chi connectivity index (χ2v) is 9.45. The minimum absolute atomic E-state index is 0. The molecule has 0 saturated carbocycles. The molecule has 0 amide bonds. The Bertz CT molecular complexity index is 1210. The number of H-pyrrole nitrogens is 1. The number of aliphatic carboxylic acids is 2. The molecule has 0 aliphatic rings. The number of benzene rings is 2. The Morgan fingerprint density at radius 3 is 2.20 bits per heavy atom. The zero-order valence-electron chi connectivity index (χ0n) is 19.7. The Morgan fingerprint density at radius 1 is 1.03 bits per heavy atom. The molecule has 1 heterocycles. The van der Waals surface area contributed by atoms with Gasteiger partial charge in [-0.25, -0.2) is 22.7 Å². The van der Waals surface area contributed by atoms with Crippen LogP contribution in [0.1, 0.15) is 11.1 Å². The van der Waals surface area contributed by atoms with E-state index >= 15 is 0 Å². The van der Waals surface area contributed by atoms with E-state index in [9.17, 15) is 8.42 Å². The van der Waals surface area contributed by atoms with Crippen molar-refractivity contribution >= 4 is 32.9 Å². The number of sulfonamides is 1. The fourth-order valence-corrected chi connectivity index (χ4v) is 4.14. The molecule has 0 aliphatic carbocycles. The van der Waals surface area contributed by atoms with Gasteiger partial charge in [-0.2, -0.15) is 0 Å². The first-order valence-electron chi connectivity index (χ1n) is 10.4. The van der Waals surface area contributed by atoms with Gasteiger partial charge in [0.2, 0.25) is 10.0 Å². The second kappa shape index (κ2) is 13.4. The third-order valence-electron chi connectivity index (χ3n) is 4.93. The molecule has 0 fully saturated rings. The normalized spacial score (nSPS) is 10.9. The van der Waals surface area contributed by atoms with E-state index < -0.39 is 22.0 Å². The molecule has 3 aromatic rings. The molecule has 35 heavy (non-hydrogen) atoms. The summed E-state index contributed by atoms with van der Waals surface area (Å²) >= 11 is 0. The third-order valence-corrected chi connectivity index (χ3v) is 6.38. The number of fused-ring (bicyclic) bond motifs is 1. The highest BCUT2D eigenvalue weighted by Gasteiger charge is 2.15. The lowest BCUT2D eigenvalue weighted by Crippen LogP contribution is -2.26. The van der Waals surface area contributed by atoms with Crippen molar-refractivity contribution in [2.75, 3.05) is 34.3 Å². The highest BCUT2D eigenvalue weighted by molar-refractivity contribution is 7.89. The maximum atomic E-state index is 12.7. The summed E-state index contributed by atoms with van der Waals surface area (Å²) in [6.45, 7) is 1.25. The summed E-state index contributed by atoms with van der Waals surface area (Å²) in [5.74, 6) is -2.86. The first-order chi connectivity index (χ1) is 16.0. The van der Waals surface area contributed by atoms with Crippen LogP contribution in [0.3, 0.4) is 0 Å². The van der Waals surface area contributed by atoms with E-state index in [2.05, 4.69) is 14.6 Å². The Morgan fingerprint density at radius 2 is 1.66 bits per heavy atom. The summed E-state index contributed by atoms with van der Waals surface area (Å²) in [4.78, 5) is 23.8. The Labute approximate surface area is 203 Å². The van der Waals surface area contributed by atoms with Gasteiger partial charge in [-0.3, -0.25) is 0 Å². The molecule has 12 heteroatoms. The van der Waals surface area contributed by atoms with E-state index in [0.29, 0.717) is 17.9 Å². The minimum atomic E-state index is -3.56. The number of ether oxygens (including phenoxy) is 1. The largest absolute Gasteiger partial charge is 0.497 e. The third kappa shape index (κ3) is 9.02. The van der Waals surface area contributed by atoms with Crippen molar-refractivity contribution in [3.05, 3.63) is 59.8 Å². The summed E-state index contributed by atoms with van der Waals surface area (Å²) in [6, 6.07) is 12.9. The molecule has 6 N–H and O–H groups in total. The van der Waals surface area contributed by atoms with Gasteiger partial charge in [0.05, 0.1) is 12.0 Å². The van der Waals surface area contributed by atoms with Crippen molar-refractivity contribution < 1.29 is 38.4 Å². The number of nitrogens with zero attached hydrogens (tertiary/aromatic N) is 1. The lowest BCUT2D eigenvalue weighted by molar-refractivity contribution is -0.159. The molecule has 2 aromatic carbocycles. The fourth-order valence-electron chi connectivity index (χ4n) is 3.08. The lowest BCUT2D eigenvalue weighted by Gasteiger charge is -2.10. The topological polar surface area (TPSA) is 181 Å². The number of carboxylic acids is 2. The molecule has 0 saturated heterocycles. The summed E-state index contributed by atoms with van der Waals surface area (Å²) in [7, 11) is 2.11. The number of likely N-dealkylation sites (N-methyl/N-ethyl adjacent to an activating group) is 1. The van der Waals surface area contributed by atoms with Gasteiger partial charge in [-0.1, -0.05) is 12.1 Å². The molecular formula is C23H31N3O8S. The second-order valence-electron chi connectivity index (χ2n) is 7.68. The van der Waals surface area contributed by atoms with Crippen LogP contribution in [0.15, 0.2) is 53.6 Å². The highest BCUT2D eigenvalue weighted by atomic mass is 32.2. The average Bonchev–Trinajstić information content (AvgIpc) is 3.20. The standard InChI is InChI=1S/C21H27N3O3S.C2H2O4.H2O/c1-24(2)13-11-17-15-22-21-9-8-19(14-20(17)21)28(25,26)23-12-10-16-4-6-18(27-3)7-5-16;3-1(4)2(5)6;/h4-9,14-15,22-23H,10-13H2,1-3H3;(H,3,4)(H,5,6);1H2. The average molecular weight is 510 g/mol. The Hall–Kier alpha value is -3.45. The van der Waals surface area contributed by atoms with Crippen LogP contribution in [-0.2, 0) is 32.5 Å². The number of methoxy groups -OCH3 is 1. The smallest absolute Gasteiger partial charge is 0.414 e. The van der Waals surface area contributed by atoms with E-state index in [-0.39, 0.29) is 5.48 Å². The molecular weight excluding hydrogens is 478 g/mol. The Kier molecular flexibility index (Phi) is 11.4. The van der Waals surface area contributed by atoms with Crippen molar-refractivity contribution in [1.29, 1.82) is 0 Å². The van der Waals surface area contributed by atoms with E-state index in [1.165, 1.54) is 0 Å². The number of aromatic nitrogens is 1. The molecule has 192 valence electrons. The van der Waals surface area contributed by atoms with Gasteiger partial charge in [0, 0.05) is 30.2 Å². The number of aromatic amines is 1. The highest BCUT2D eigenvalue weighted by Crippen LogP contribution is 2.23. The molecule has 0 aliphatic heterocycles.